The van der Waals surface area contributed by atoms with Gasteiger partial charge in [-0.3, -0.25) is 4.79 Å². The van der Waals surface area contributed by atoms with Gasteiger partial charge >= 0.3 is 0 Å². The minimum absolute atomic E-state index is 0.150. The van der Waals surface area contributed by atoms with E-state index < -0.39 is 0 Å². The summed E-state index contributed by atoms with van der Waals surface area (Å²) in [6.45, 7) is 4.41. The van der Waals surface area contributed by atoms with Gasteiger partial charge in [0.15, 0.2) is 5.82 Å². The Morgan fingerprint density at radius 1 is 1.40 bits per heavy atom. The number of anilines is 2. The molecule has 3 rings (SSSR count). The Morgan fingerprint density at radius 2 is 2.12 bits per heavy atom. The summed E-state index contributed by atoms with van der Waals surface area (Å²) in [7, 11) is 0. The Kier molecular flexibility index (Phi) is 5.21. The first-order chi connectivity index (χ1) is 11.9. The first-order valence-corrected chi connectivity index (χ1v) is 9.23. The van der Waals surface area contributed by atoms with Crippen molar-refractivity contribution in [3.05, 3.63) is 33.8 Å². The number of nitrogens with zero attached hydrogens (tertiary/aromatic N) is 3. The van der Waals surface area contributed by atoms with Crippen LogP contribution in [0.2, 0.25) is 5.02 Å². The summed E-state index contributed by atoms with van der Waals surface area (Å²) in [5.41, 5.74) is 11.5. The van der Waals surface area contributed by atoms with Gasteiger partial charge in [0.25, 0.3) is 5.56 Å². The van der Waals surface area contributed by atoms with Crippen molar-refractivity contribution in [2.45, 2.75) is 29.7 Å². The monoisotopic (exact) mass is 380 g/mol. The van der Waals surface area contributed by atoms with E-state index in [1.54, 1.807) is 18.5 Å². The van der Waals surface area contributed by atoms with Crippen LogP contribution in [-0.4, -0.2) is 34.6 Å². The standard InChI is InChI=1S/C16H21ClN6OS/c1-16(9-18)3-6-23(7-4-16)14-15(24)22-11(8-21-14)25-10-2-5-20-13(19)12(10)17/h2,5,8H,3-4,6-7,9,18H2,1H3,(H2,19,20)(H,22,24). The lowest BCUT2D eigenvalue weighted by Crippen LogP contribution is -2.44. The Bertz CT molecular complexity index is 819. The minimum Gasteiger partial charge on any atom is -0.382 e. The van der Waals surface area contributed by atoms with Crippen LogP contribution in [-0.2, 0) is 0 Å². The number of nitrogens with two attached hydrogens (primary N) is 2. The zero-order valence-electron chi connectivity index (χ0n) is 14.0. The van der Waals surface area contributed by atoms with Crippen LogP contribution in [0.5, 0.6) is 0 Å². The number of pyridine rings is 1. The number of H-pyrrole nitrogens is 1. The number of piperidine rings is 1. The fourth-order valence-electron chi connectivity index (χ4n) is 2.76. The van der Waals surface area contributed by atoms with Crippen LogP contribution >= 0.6 is 23.4 Å². The third kappa shape index (κ3) is 3.91. The summed E-state index contributed by atoms with van der Waals surface area (Å²) in [6, 6.07) is 1.74. The van der Waals surface area contributed by atoms with Crippen molar-refractivity contribution in [2.75, 3.05) is 30.3 Å². The maximum absolute atomic E-state index is 12.4. The van der Waals surface area contributed by atoms with E-state index in [9.17, 15) is 4.79 Å². The van der Waals surface area contributed by atoms with Crippen molar-refractivity contribution in [2.24, 2.45) is 11.1 Å². The van der Waals surface area contributed by atoms with Crippen molar-refractivity contribution in [3.8, 4) is 0 Å². The second kappa shape index (κ2) is 7.23. The number of nitrogens with one attached hydrogen (secondary N) is 1. The molecular formula is C16H21ClN6OS. The molecular weight excluding hydrogens is 360 g/mol. The van der Waals surface area contributed by atoms with E-state index in [0.717, 1.165) is 30.8 Å². The maximum atomic E-state index is 12.4. The lowest BCUT2D eigenvalue weighted by molar-refractivity contribution is 0.257. The predicted octanol–water partition coefficient (Wildman–Crippen LogP) is 2.12. The van der Waals surface area contributed by atoms with Crippen molar-refractivity contribution in [3.63, 3.8) is 0 Å². The van der Waals surface area contributed by atoms with Crippen molar-refractivity contribution >= 4 is 35.0 Å². The molecule has 9 heteroatoms. The molecule has 5 N–H and O–H groups in total. The highest BCUT2D eigenvalue weighted by atomic mass is 35.5. The quantitative estimate of drug-likeness (QED) is 0.744. The fraction of sp³-hybridized carbons (Fsp3) is 0.438. The van der Waals surface area contributed by atoms with Gasteiger partial charge in [0, 0.05) is 24.2 Å². The highest BCUT2D eigenvalue weighted by Crippen LogP contribution is 2.34. The van der Waals surface area contributed by atoms with Gasteiger partial charge in [-0.1, -0.05) is 30.3 Å². The fourth-order valence-corrected chi connectivity index (χ4v) is 3.79. The molecule has 2 aromatic rings. The van der Waals surface area contributed by atoms with Gasteiger partial charge in [0.2, 0.25) is 0 Å². The molecule has 1 aliphatic heterocycles. The van der Waals surface area contributed by atoms with E-state index in [0.29, 0.717) is 22.4 Å². The molecule has 1 fully saturated rings. The number of aromatic nitrogens is 3. The molecule has 0 bridgehead atoms. The van der Waals surface area contributed by atoms with Gasteiger partial charge in [-0.15, -0.1) is 0 Å². The van der Waals surface area contributed by atoms with E-state index in [2.05, 4.69) is 21.9 Å². The molecule has 0 atom stereocenters. The predicted molar refractivity (Wildman–Crippen MR) is 101 cm³/mol. The number of nitrogen functional groups attached to an aromatic ring is 1. The number of halogens is 1. The summed E-state index contributed by atoms with van der Waals surface area (Å²) in [6.07, 6.45) is 5.12. The lowest BCUT2D eigenvalue weighted by atomic mass is 9.80. The largest absolute Gasteiger partial charge is 0.382 e. The van der Waals surface area contributed by atoms with Crippen LogP contribution < -0.4 is 21.9 Å². The third-order valence-corrected chi connectivity index (χ3v) is 6.10. The normalized spacial score (nSPS) is 16.8. The number of hydrogen-bond donors (Lipinski definition) is 3. The molecule has 7 nitrogen and oxygen atoms in total. The Labute approximate surface area is 155 Å². The van der Waals surface area contributed by atoms with E-state index in [4.69, 9.17) is 23.1 Å². The second-order valence-corrected chi connectivity index (χ2v) is 7.97. The van der Waals surface area contributed by atoms with Crippen LogP contribution in [0.1, 0.15) is 19.8 Å². The average molecular weight is 381 g/mol. The van der Waals surface area contributed by atoms with Gasteiger partial charge in [-0.2, -0.15) is 0 Å². The molecule has 3 heterocycles. The number of rotatable bonds is 4. The van der Waals surface area contributed by atoms with E-state index in [1.807, 2.05) is 4.90 Å². The summed E-state index contributed by atoms with van der Waals surface area (Å²) in [5, 5.41) is 0.972. The Balaban J connectivity index is 1.76. The SMILES string of the molecule is CC1(CN)CCN(c2ncc(Sc3ccnc(N)c3Cl)[nH]c2=O)CC1. The van der Waals surface area contributed by atoms with Gasteiger partial charge in [0.05, 0.1) is 16.2 Å². The molecule has 0 saturated carbocycles. The molecule has 0 amide bonds. The molecule has 2 aromatic heterocycles. The van der Waals surface area contributed by atoms with Crippen LogP contribution in [0, 0.1) is 5.41 Å². The summed E-state index contributed by atoms with van der Waals surface area (Å²) >= 11 is 7.43. The third-order valence-electron chi connectivity index (χ3n) is 4.61. The highest BCUT2D eigenvalue weighted by molar-refractivity contribution is 7.99. The Hall–Kier alpha value is -1.77. The Morgan fingerprint density at radius 3 is 2.76 bits per heavy atom. The molecule has 25 heavy (non-hydrogen) atoms. The van der Waals surface area contributed by atoms with Crippen molar-refractivity contribution in [1.29, 1.82) is 0 Å². The lowest BCUT2D eigenvalue weighted by Gasteiger charge is -2.38. The summed E-state index contributed by atoms with van der Waals surface area (Å²) < 4.78 is 0. The molecule has 0 spiro atoms. The average Bonchev–Trinajstić information content (AvgIpc) is 2.60. The smallest absolute Gasteiger partial charge is 0.291 e. The topological polar surface area (TPSA) is 114 Å². The second-order valence-electron chi connectivity index (χ2n) is 6.51. The molecule has 134 valence electrons. The molecule has 0 aromatic carbocycles. The first kappa shape index (κ1) is 18.0. The van der Waals surface area contributed by atoms with Gasteiger partial charge in [-0.25, -0.2) is 9.97 Å². The van der Waals surface area contributed by atoms with E-state index in [1.165, 1.54) is 11.8 Å². The highest BCUT2D eigenvalue weighted by Gasteiger charge is 2.30. The van der Waals surface area contributed by atoms with Crippen LogP contribution in [0.4, 0.5) is 11.6 Å². The maximum Gasteiger partial charge on any atom is 0.291 e. The van der Waals surface area contributed by atoms with Crippen molar-refractivity contribution in [1.82, 2.24) is 15.0 Å². The molecule has 0 unspecified atom stereocenters. The first-order valence-electron chi connectivity index (χ1n) is 8.04. The zero-order chi connectivity index (χ0) is 18.0. The number of hydrogen-bond acceptors (Lipinski definition) is 7. The summed E-state index contributed by atoms with van der Waals surface area (Å²) in [4.78, 5) is 26.3. The van der Waals surface area contributed by atoms with Crippen LogP contribution in [0.25, 0.3) is 0 Å². The van der Waals surface area contributed by atoms with Crippen LogP contribution in [0.15, 0.2) is 33.2 Å². The summed E-state index contributed by atoms with van der Waals surface area (Å²) in [5.74, 6) is 0.707. The molecule has 1 aliphatic rings. The zero-order valence-corrected chi connectivity index (χ0v) is 15.5. The van der Waals surface area contributed by atoms with Gasteiger partial charge in [-0.05, 0) is 30.9 Å². The van der Waals surface area contributed by atoms with Gasteiger partial charge < -0.3 is 21.4 Å². The van der Waals surface area contributed by atoms with Gasteiger partial charge in [0.1, 0.15) is 5.82 Å². The molecule has 0 aliphatic carbocycles. The van der Waals surface area contributed by atoms with Crippen LogP contribution in [0.3, 0.4) is 0 Å². The van der Waals surface area contributed by atoms with E-state index in [-0.39, 0.29) is 16.8 Å². The number of aromatic amines is 1. The minimum atomic E-state index is -0.209. The molecule has 1 saturated heterocycles. The van der Waals surface area contributed by atoms with Crippen molar-refractivity contribution < 1.29 is 0 Å². The molecule has 0 radical (unpaired) electrons. The van der Waals surface area contributed by atoms with E-state index >= 15 is 0 Å².